The summed E-state index contributed by atoms with van der Waals surface area (Å²) >= 11 is 0. The van der Waals surface area contributed by atoms with Gasteiger partial charge < -0.3 is 4.74 Å². The second kappa shape index (κ2) is 10.4. The Hall–Kier alpha value is -0.530. The Morgan fingerprint density at radius 3 is 2.06 bits per heavy atom. The van der Waals surface area contributed by atoms with Crippen LogP contribution in [-0.4, -0.2) is 12.6 Å². The van der Waals surface area contributed by atoms with Crippen molar-refractivity contribution in [1.82, 2.24) is 0 Å². The summed E-state index contributed by atoms with van der Waals surface area (Å²) in [7, 11) is 0. The van der Waals surface area contributed by atoms with E-state index in [4.69, 9.17) is 4.74 Å². The second-order valence-electron chi connectivity index (χ2n) is 6.04. The summed E-state index contributed by atoms with van der Waals surface area (Å²) in [5.41, 5.74) is 0.0806. The molecule has 0 aromatic heterocycles. The van der Waals surface area contributed by atoms with E-state index in [0.717, 1.165) is 12.8 Å². The van der Waals surface area contributed by atoms with Gasteiger partial charge in [0.15, 0.2) is 0 Å². The Morgan fingerprint density at radius 2 is 1.50 bits per heavy atom. The van der Waals surface area contributed by atoms with Gasteiger partial charge >= 0.3 is 5.97 Å². The number of carbonyl (C=O) groups is 1. The van der Waals surface area contributed by atoms with Gasteiger partial charge in [-0.2, -0.15) is 0 Å². The number of ether oxygens (including phenoxy) is 1. The van der Waals surface area contributed by atoms with E-state index in [1.807, 2.05) is 0 Å². The molecule has 0 spiro atoms. The van der Waals surface area contributed by atoms with Crippen LogP contribution in [0.1, 0.15) is 85.5 Å². The molecule has 0 bridgehead atoms. The Morgan fingerprint density at radius 1 is 0.944 bits per heavy atom. The molecule has 0 fully saturated rings. The van der Waals surface area contributed by atoms with E-state index in [9.17, 15) is 4.79 Å². The summed E-state index contributed by atoms with van der Waals surface area (Å²) in [4.78, 5) is 11.6. The minimum absolute atomic E-state index is 0.0344. The molecular formula is C16H32O2. The van der Waals surface area contributed by atoms with Crippen molar-refractivity contribution in [3.8, 4) is 0 Å². The number of carbonyl (C=O) groups excluding carboxylic acids is 1. The lowest BCUT2D eigenvalue weighted by Gasteiger charge is -2.20. The van der Waals surface area contributed by atoms with Crippen molar-refractivity contribution in [3.05, 3.63) is 0 Å². The zero-order valence-electron chi connectivity index (χ0n) is 12.9. The fraction of sp³-hybridized carbons (Fsp3) is 0.938. The standard InChI is InChI=1S/C16H32O2/c1-5-7-8-9-10-11-12-13-18-15(17)14-16(3,4)6-2/h5-14H2,1-4H3. The normalized spacial score (nSPS) is 11.6. The Kier molecular flexibility index (Phi) is 10.1. The maximum absolute atomic E-state index is 11.6. The van der Waals surface area contributed by atoms with E-state index in [1.165, 1.54) is 38.5 Å². The largest absolute Gasteiger partial charge is 0.466 e. The zero-order chi connectivity index (χ0) is 13.9. The summed E-state index contributed by atoms with van der Waals surface area (Å²) in [5, 5.41) is 0. The van der Waals surface area contributed by atoms with E-state index in [2.05, 4.69) is 27.7 Å². The van der Waals surface area contributed by atoms with Crippen LogP contribution in [0, 0.1) is 5.41 Å². The highest BCUT2D eigenvalue weighted by molar-refractivity contribution is 5.70. The quantitative estimate of drug-likeness (QED) is 0.379. The van der Waals surface area contributed by atoms with Gasteiger partial charge in [0.1, 0.15) is 0 Å². The lowest BCUT2D eigenvalue weighted by atomic mass is 9.87. The van der Waals surface area contributed by atoms with Crippen LogP contribution >= 0.6 is 0 Å². The minimum Gasteiger partial charge on any atom is -0.466 e. The molecule has 0 aliphatic rings. The molecule has 0 amide bonds. The number of unbranched alkanes of at least 4 members (excludes halogenated alkanes) is 6. The first kappa shape index (κ1) is 17.5. The van der Waals surface area contributed by atoms with Crippen LogP contribution in [0.15, 0.2) is 0 Å². The third-order valence-corrected chi connectivity index (χ3v) is 3.59. The predicted octanol–water partition coefficient (Wildman–Crippen LogP) is 5.11. The molecule has 0 aliphatic heterocycles. The van der Waals surface area contributed by atoms with Crippen LogP contribution in [0.3, 0.4) is 0 Å². The molecule has 0 heterocycles. The summed E-state index contributed by atoms with van der Waals surface area (Å²) < 4.78 is 5.27. The van der Waals surface area contributed by atoms with E-state index >= 15 is 0 Å². The van der Waals surface area contributed by atoms with Gasteiger partial charge in [-0.3, -0.25) is 4.79 Å². The van der Waals surface area contributed by atoms with Gasteiger partial charge in [-0.1, -0.05) is 72.6 Å². The van der Waals surface area contributed by atoms with Gasteiger partial charge in [-0.25, -0.2) is 0 Å². The number of esters is 1. The fourth-order valence-electron chi connectivity index (χ4n) is 1.81. The first-order valence-electron chi connectivity index (χ1n) is 7.67. The van der Waals surface area contributed by atoms with Gasteiger partial charge in [0.25, 0.3) is 0 Å². The smallest absolute Gasteiger partial charge is 0.306 e. The van der Waals surface area contributed by atoms with Gasteiger partial charge in [-0.15, -0.1) is 0 Å². The van der Waals surface area contributed by atoms with Crippen LogP contribution < -0.4 is 0 Å². The number of hydrogen-bond donors (Lipinski definition) is 0. The Bertz CT molecular complexity index is 209. The van der Waals surface area contributed by atoms with E-state index < -0.39 is 0 Å². The van der Waals surface area contributed by atoms with Gasteiger partial charge in [0.2, 0.25) is 0 Å². The maximum Gasteiger partial charge on any atom is 0.306 e. The van der Waals surface area contributed by atoms with Crippen molar-refractivity contribution in [2.75, 3.05) is 6.61 Å². The van der Waals surface area contributed by atoms with Crippen molar-refractivity contribution in [3.63, 3.8) is 0 Å². The molecule has 18 heavy (non-hydrogen) atoms. The number of hydrogen-bond acceptors (Lipinski definition) is 2. The summed E-state index contributed by atoms with van der Waals surface area (Å²) in [6, 6.07) is 0. The van der Waals surface area contributed by atoms with Crippen LogP contribution in [-0.2, 0) is 9.53 Å². The Labute approximate surface area is 113 Å². The van der Waals surface area contributed by atoms with Gasteiger partial charge in [-0.05, 0) is 11.8 Å². The van der Waals surface area contributed by atoms with Crippen LogP contribution in [0.2, 0.25) is 0 Å². The third kappa shape index (κ3) is 10.6. The molecule has 108 valence electrons. The highest BCUT2D eigenvalue weighted by atomic mass is 16.5. The zero-order valence-corrected chi connectivity index (χ0v) is 12.9. The minimum atomic E-state index is -0.0344. The SMILES string of the molecule is CCCCCCCCCOC(=O)CC(C)(C)CC. The van der Waals surface area contributed by atoms with Crippen molar-refractivity contribution in [2.24, 2.45) is 5.41 Å². The van der Waals surface area contributed by atoms with Gasteiger partial charge in [0.05, 0.1) is 13.0 Å². The molecule has 0 radical (unpaired) electrons. The first-order valence-corrected chi connectivity index (χ1v) is 7.67. The molecule has 0 saturated carbocycles. The molecule has 2 heteroatoms. The Balaban J connectivity index is 3.36. The lowest BCUT2D eigenvalue weighted by Crippen LogP contribution is -2.18. The topological polar surface area (TPSA) is 26.3 Å². The van der Waals surface area contributed by atoms with E-state index in [0.29, 0.717) is 13.0 Å². The van der Waals surface area contributed by atoms with Crippen molar-refractivity contribution in [2.45, 2.75) is 85.5 Å². The van der Waals surface area contributed by atoms with Crippen LogP contribution in [0.4, 0.5) is 0 Å². The average molecular weight is 256 g/mol. The molecule has 0 rings (SSSR count). The van der Waals surface area contributed by atoms with E-state index in [-0.39, 0.29) is 11.4 Å². The summed E-state index contributed by atoms with van der Waals surface area (Å²) in [6.45, 7) is 9.18. The molecular weight excluding hydrogens is 224 g/mol. The van der Waals surface area contributed by atoms with Crippen LogP contribution in [0.25, 0.3) is 0 Å². The third-order valence-electron chi connectivity index (χ3n) is 3.59. The lowest BCUT2D eigenvalue weighted by molar-refractivity contribution is -0.146. The molecule has 0 aromatic rings. The molecule has 0 atom stereocenters. The first-order chi connectivity index (χ1) is 8.52. The van der Waals surface area contributed by atoms with Gasteiger partial charge in [0, 0.05) is 0 Å². The molecule has 0 aromatic carbocycles. The fourth-order valence-corrected chi connectivity index (χ4v) is 1.81. The maximum atomic E-state index is 11.6. The highest BCUT2D eigenvalue weighted by Gasteiger charge is 2.20. The van der Waals surface area contributed by atoms with Crippen molar-refractivity contribution >= 4 is 5.97 Å². The molecule has 0 saturated heterocycles. The van der Waals surface area contributed by atoms with Crippen molar-refractivity contribution in [1.29, 1.82) is 0 Å². The van der Waals surface area contributed by atoms with Crippen LogP contribution in [0.5, 0.6) is 0 Å². The number of rotatable bonds is 11. The second-order valence-corrected chi connectivity index (χ2v) is 6.04. The molecule has 0 aliphatic carbocycles. The monoisotopic (exact) mass is 256 g/mol. The van der Waals surface area contributed by atoms with E-state index in [1.54, 1.807) is 0 Å². The highest BCUT2D eigenvalue weighted by Crippen LogP contribution is 2.24. The molecule has 0 N–H and O–H groups in total. The molecule has 2 nitrogen and oxygen atoms in total. The summed E-state index contributed by atoms with van der Waals surface area (Å²) in [6.07, 6.45) is 10.4. The summed E-state index contributed by atoms with van der Waals surface area (Å²) in [5.74, 6) is -0.0344. The molecule has 0 unspecified atom stereocenters. The van der Waals surface area contributed by atoms with Crippen molar-refractivity contribution < 1.29 is 9.53 Å². The predicted molar refractivity (Wildman–Crippen MR) is 77.6 cm³/mol. The average Bonchev–Trinajstić information content (AvgIpc) is 2.32.